The van der Waals surface area contributed by atoms with Crippen molar-refractivity contribution in [3.8, 4) is 0 Å². The van der Waals surface area contributed by atoms with Crippen LogP contribution in [0.1, 0.15) is 42.4 Å². The third-order valence-corrected chi connectivity index (χ3v) is 4.43. The van der Waals surface area contributed by atoms with Crippen LogP contribution in [0.4, 0.5) is 0 Å². The zero-order valence-electron chi connectivity index (χ0n) is 11.8. The summed E-state index contributed by atoms with van der Waals surface area (Å²) in [6, 6.07) is 0. The highest BCUT2D eigenvalue weighted by Gasteiger charge is 2.22. The van der Waals surface area contributed by atoms with Gasteiger partial charge >= 0.3 is 5.97 Å². The van der Waals surface area contributed by atoms with Crippen molar-refractivity contribution >= 4 is 21.7 Å². The predicted molar refractivity (Wildman–Crippen MR) is 73.5 cm³/mol. The van der Waals surface area contributed by atoms with Crippen molar-refractivity contribution in [2.45, 2.75) is 32.7 Å². The number of sulfone groups is 1. The SMILES string of the molecule is CC(C)c1c(C(=O)O)nnn1CCS(=O)(=O)CCC(N)=O. The Balaban J connectivity index is 2.85. The number of nitrogens with zero attached hydrogens (tertiary/aromatic N) is 3. The molecule has 0 aliphatic carbocycles. The maximum absolute atomic E-state index is 11.7. The molecule has 1 amide bonds. The van der Waals surface area contributed by atoms with Gasteiger partial charge < -0.3 is 10.8 Å². The Hall–Kier alpha value is -1.97. The van der Waals surface area contributed by atoms with E-state index in [-0.39, 0.29) is 36.1 Å². The van der Waals surface area contributed by atoms with Gasteiger partial charge in [-0.15, -0.1) is 5.10 Å². The number of hydrogen-bond donors (Lipinski definition) is 2. The molecular weight excluding hydrogens is 300 g/mol. The number of nitrogens with two attached hydrogens (primary N) is 1. The van der Waals surface area contributed by atoms with Gasteiger partial charge in [0.05, 0.1) is 23.7 Å². The van der Waals surface area contributed by atoms with Gasteiger partial charge in [-0.25, -0.2) is 17.9 Å². The molecular formula is C11H18N4O5S. The third-order valence-electron chi connectivity index (χ3n) is 2.80. The highest BCUT2D eigenvalue weighted by atomic mass is 32.2. The number of carboxylic acid groups (broad SMARTS) is 1. The maximum atomic E-state index is 11.7. The maximum Gasteiger partial charge on any atom is 0.358 e. The van der Waals surface area contributed by atoms with E-state index in [1.54, 1.807) is 13.8 Å². The van der Waals surface area contributed by atoms with E-state index in [4.69, 9.17) is 10.8 Å². The molecule has 10 heteroatoms. The molecule has 0 fully saturated rings. The third kappa shape index (κ3) is 4.81. The second-order valence-electron chi connectivity index (χ2n) is 4.87. The van der Waals surface area contributed by atoms with Gasteiger partial charge in [0, 0.05) is 6.42 Å². The number of carbonyl (C=O) groups excluding carboxylic acids is 1. The molecule has 1 rings (SSSR count). The molecule has 0 radical (unpaired) electrons. The van der Waals surface area contributed by atoms with Crippen LogP contribution in [0.2, 0.25) is 0 Å². The van der Waals surface area contributed by atoms with Gasteiger partial charge in [-0.05, 0) is 5.92 Å². The summed E-state index contributed by atoms with van der Waals surface area (Å²) in [6.45, 7) is 3.52. The molecule has 21 heavy (non-hydrogen) atoms. The molecule has 0 aliphatic rings. The first-order valence-corrected chi connectivity index (χ1v) is 8.11. The average Bonchev–Trinajstić information content (AvgIpc) is 2.78. The smallest absolute Gasteiger partial charge is 0.358 e. The number of amides is 1. The summed E-state index contributed by atoms with van der Waals surface area (Å²) >= 11 is 0. The minimum Gasteiger partial charge on any atom is -0.476 e. The summed E-state index contributed by atoms with van der Waals surface area (Å²) < 4.78 is 24.8. The van der Waals surface area contributed by atoms with Crippen LogP contribution in [0.3, 0.4) is 0 Å². The van der Waals surface area contributed by atoms with Crippen molar-refractivity contribution in [3.63, 3.8) is 0 Å². The van der Waals surface area contributed by atoms with Gasteiger partial charge in [0.1, 0.15) is 0 Å². The molecule has 9 nitrogen and oxygen atoms in total. The molecule has 1 aromatic heterocycles. The standard InChI is InChI=1S/C11H18N4O5S/c1-7(2)10-9(11(17)18)13-14-15(10)4-6-21(19,20)5-3-8(12)16/h7H,3-6H2,1-2H3,(H2,12,16)(H,17,18). The normalized spacial score (nSPS) is 11.8. The zero-order valence-corrected chi connectivity index (χ0v) is 12.6. The fourth-order valence-corrected chi connectivity index (χ4v) is 2.96. The molecule has 118 valence electrons. The molecule has 0 bridgehead atoms. The van der Waals surface area contributed by atoms with Gasteiger partial charge in [0.2, 0.25) is 5.91 Å². The van der Waals surface area contributed by atoms with Crippen LogP contribution in [-0.4, -0.2) is 51.9 Å². The van der Waals surface area contributed by atoms with E-state index in [9.17, 15) is 18.0 Å². The second kappa shape index (κ2) is 6.66. The van der Waals surface area contributed by atoms with Gasteiger partial charge in [-0.1, -0.05) is 19.1 Å². The highest BCUT2D eigenvalue weighted by molar-refractivity contribution is 7.91. The van der Waals surface area contributed by atoms with Gasteiger partial charge in [-0.3, -0.25) is 4.79 Å². The topological polar surface area (TPSA) is 145 Å². The largest absolute Gasteiger partial charge is 0.476 e. The molecule has 0 unspecified atom stereocenters. The van der Waals surface area contributed by atoms with Crippen molar-refractivity contribution in [2.75, 3.05) is 11.5 Å². The minimum atomic E-state index is -3.47. The zero-order chi connectivity index (χ0) is 16.2. The van der Waals surface area contributed by atoms with Gasteiger partial charge in [0.15, 0.2) is 15.5 Å². The Bertz CT molecular complexity index is 635. The molecule has 0 saturated carbocycles. The summed E-state index contributed by atoms with van der Waals surface area (Å²) in [4.78, 5) is 21.6. The van der Waals surface area contributed by atoms with E-state index in [0.717, 1.165) is 0 Å². The summed E-state index contributed by atoms with van der Waals surface area (Å²) in [7, 11) is -3.47. The van der Waals surface area contributed by atoms with Crippen LogP contribution in [0.15, 0.2) is 0 Å². The average molecular weight is 318 g/mol. The summed E-state index contributed by atoms with van der Waals surface area (Å²) in [6.07, 6.45) is -0.239. The predicted octanol–water partition coefficient (Wildman–Crippen LogP) is -0.610. The fourth-order valence-electron chi connectivity index (χ4n) is 1.79. The first kappa shape index (κ1) is 17.1. The lowest BCUT2D eigenvalue weighted by molar-refractivity contribution is -0.117. The molecule has 0 saturated heterocycles. The van der Waals surface area contributed by atoms with Crippen LogP contribution in [0, 0.1) is 0 Å². The first-order valence-electron chi connectivity index (χ1n) is 6.29. The summed E-state index contributed by atoms with van der Waals surface area (Å²) in [5, 5.41) is 16.3. The molecule has 1 heterocycles. The Morgan fingerprint density at radius 3 is 2.43 bits per heavy atom. The Morgan fingerprint density at radius 2 is 1.95 bits per heavy atom. The van der Waals surface area contributed by atoms with Crippen LogP contribution in [0.5, 0.6) is 0 Å². The Morgan fingerprint density at radius 1 is 1.33 bits per heavy atom. The quantitative estimate of drug-likeness (QED) is 0.650. The molecule has 0 aromatic carbocycles. The van der Waals surface area contributed by atoms with Crippen molar-refractivity contribution < 1.29 is 23.1 Å². The van der Waals surface area contributed by atoms with E-state index in [2.05, 4.69) is 10.3 Å². The molecule has 3 N–H and O–H groups in total. The second-order valence-corrected chi connectivity index (χ2v) is 7.18. The highest BCUT2D eigenvalue weighted by Crippen LogP contribution is 2.17. The van der Waals surface area contributed by atoms with E-state index in [1.165, 1.54) is 4.68 Å². The summed E-state index contributed by atoms with van der Waals surface area (Å²) in [5.41, 5.74) is 5.10. The summed E-state index contributed by atoms with van der Waals surface area (Å²) in [5.74, 6) is -2.65. The number of rotatable bonds is 8. The minimum absolute atomic E-state index is 0.0190. The molecule has 0 spiro atoms. The lowest BCUT2D eigenvalue weighted by Crippen LogP contribution is -2.22. The van der Waals surface area contributed by atoms with Gasteiger partial charge in [0.25, 0.3) is 0 Å². The molecule has 0 atom stereocenters. The Labute approximate surface area is 122 Å². The van der Waals surface area contributed by atoms with E-state index >= 15 is 0 Å². The number of aryl methyl sites for hydroxylation is 1. The number of primary amides is 1. The van der Waals surface area contributed by atoms with Crippen molar-refractivity contribution in [2.24, 2.45) is 5.73 Å². The molecule has 1 aromatic rings. The fraction of sp³-hybridized carbons (Fsp3) is 0.636. The number of aromatic nitrogens is 3. The van der Waals surface area contributed by atoms with E-state index in [0.29, 0.717) is 5.69 Å². The van der Waals surface area contributed by atoms with Crippen molar-refractivity contribution in [3.05, 3.63) is 11.4 Å². The number of hydrogen-bond acceptors (Lipinski definition) is 6. The Kier molecular flexibility index (Phi) is 5.41. The van der Waals surface area contributed by atoms with Crippen molar-refractivity contribution in [1.82, 2.24) is 15.0 Å². The van der Waals surface area contributed by atoms with E-state index < -0.39 is 21.7 Å². The van der Waals surface area contributed by atoms with Crippen molar-refractivity contribution in [1.29, 1.82) is 0 Å². The number of carbonyl (C=O) groups is 2. The van der Waals surface area contributed by atoms with Crippen LogP contribution in [0.25, 0.3) is 0 Å². The van der Waals surface area contributed by atoms with E-state index in [1.807, 2.05) is 0 Å². The van der Waals surface area contributed by atoms with Crippen LogP contribution >= 0.6 is 0 Å². The first-order chi connectivity index (χ1) is 9.64. The van der Waals surface area contributed by atoms with Crippen LogP contribution in [-0.2, 0) is 21.2 Å². The lowest BCUT2D eigenvalue weighted by Gasteiger charge is -2.10. The lowest BCUT2D eigenvalue weighted by atomic mass is 10.1. The molecule has 0 aliphatic heterocycles. The van der Waals surface area contributed by atoms with Gasteiger partial charge in [-0.2, -0.15) is 0 Å². The number of carboxylic acids is 1. The van der Waals surface area contributed by atoms with Crippen LogP contribution < -0.4 is 5.73 Å². The monoisotopic (exact) mass is 318 g/mol. The number of aromatic carboxylic acids is 1.